The van der Waals surface area contributed by atoms with Gasteiger partial charge in [-0.2, -0.15) is 12.6 Å². The van der Waals surface area contributed by atoms with Gasteiger partial charge in [-0.05, 0) is 29.9 Å². The zero-order valence-corrected chi connectivity index (χ0v) is 8.88. The summed E-state index contributed by atoms with van der Waals surface area (Å²) in [5.74, 6) is -1.24. The Morgan fingerprint density at radius 3 is 2.87 bits per heavy atom. The lowest BCUT2D eigenvalue weighted by Gasteiger charge is -1.99. The smallest absolute Gasteiger partial charge is 0.338 e. The number of carboxylic acids is 1. The molecule has 0 bridgehead atoms. The quantitative estimate of drug-likeness (QED) is 0.775. The van der Waals surface area contributed by atoms with E-state index in [1.165, 1.54) is 12.1 Å². The maximum atomic E-state index is 13.0. The van der Waals surface area contributed by atoms with Crippen LogP contribution >= 0.6 is 12.6 Å². The Bertz CT molecular complexity index is 388. The van der Waals surface area contributed by atoms with Crippen molar-refractivity contribution in [1.29, 1.82) is 0 Å². The maximum Gasteiger partial charge on any atom is 0.338 e. The third-order valence-electron chi connectivity index (χ3n) is 1.83. The minimum Gasteiger partial charge on any atom is -0.478 e. The molecule has 2 nitrogen and oxygen atoms in total. The number of benzene rings is 1. The summed E-state index contributed by atoms with van der Waals surface area (Å²) in [5, 5.41) is 8.69. The molecule has 1 aromatic rings. The van der Waals surface area contributed by atoms with E-state index in [1.807, 2.05) is 6.08 Å². The topological polar surface area (TPSA) is 37.3 Å². The molecule has 0 aliphatic rings. The van der Waals surface area contributed by atoms with E-state index in [0.29, 0.717) is 5.56 Å². The number of carboxylic acid groups (broad SMARTS) is 1. The van der Waals surface area contributed by atoms with E-state index in [1.54, 1.807) is 6.08 Å². The number of rotatable bonds is 4. The lowest BCUT2D eigenvalue weighted by atomic mass is 10.1. The SMILES string of the molecule is O=C(O)c1cc(C=CCCS)ccc1F. The third kappa shape index (κ3) is 3.40. The number of aromatic carboxylic acids is 1. The minimum absolute atomic E-state index is 0.303. The average molecular weight is 226 g/mol. The highest BCUT2D eigenvalue weighted by Crippen LogP contribution is 2.12. The summed E-state index contributed by atoms with van der Waals surface area (Å²) in [6, 6.07) is 4.01. The third-order valence-corrected chi connectivity index (χ3v) is 2.09. The summed E-state index contributed by atoms with van der Waals surface area (Å²) >= 11 is 4.03. The van der Waals surface area contributed by atoms with Gasteiger partial charge < -0.3 is 5.11 Å². The van der Waals surface area contributed by atoms with Gasteiger partial charge in [0.1, 0.15) is 5.82 Å². The van der Waals surface area contributed by atoms with Crippen molar-refractivity contribution < 1.29 is 14.3 Å². The Morgan fingerprint density at radius 2 is 2.27 bits per heavy atom. The van der Waals surface area contributed by atoms with E-state index in [0.717, 1.165) is 18.2 Å². The van der Waals surface area contributed by atoms with Crippen LogP contribution in [0.1, 0.15) is 22.3 Å². The number of allylic oxidation sites excluding steroid dienone is 1. The predicted octanol–water partition coefficient (Wildman–Crippen LogP) is 2.86. The molecule has 0 aliphatic carbocycles. The number of hydrogen-bond acceptors (Lipinski definition) is 2. The maximum absolute atomic E-state index is 13.0. The second-order valence-corrected chi connectivity index (χ2v) is 3.41. The zero-order valence-electron chi connectivity index (χ0n) is 7.98. The highest BCUT2D eigenvalue weighted by atomic mass is 32.1. The van der Waals surface area contributed by atoms with Crippen molar-refractivity contribution in [1.82, 2.24) is 0 Å². The van der Waals surface area contributed by atoms with E-state index in [2.05, 4.69) is 12.6 Å². The van der Waals surface area contributed by atoms with Crippen LogP contribution in [-0.2, 0) is 0 Å². The normalized spacial score (nSPS) is 10.8. The van der Waals surface area contributed by atoms with Crippen molar-refractivity contribution in [2.24, 2.45) is 0 Å². The van der Waals surface area contributed by atoms with Gasteiger partial charge >= 0.3 is 5.97 Å². The second kappa shape index (κ2) is 5.56. The molecule has 0 aliphatic heterocycles. The first-order valence-corrected chi connectivity index (χ1v) is 5.08. The molecular weight excluding hydrogens is 215 g/mol. The molecule has 4 heteroatoms. The van der Waals surface area contributed by atoms with Crippen molar-refractivity contribution in [3.05, 3.63) is 41.2 Å². The number of hydrogen-bond donors (Lipinski definition) is 2. The molecule has 80 valence electrons. The van der Waals surface area contributed by atoms with E-state index < -0.39 is 11.8 Å². The highest BCUT2D eigenvalue weighted by Gasteiger charge is 2.09. The van der Waals surface area contributed by atoms with Crippen molar-refractivity contribution in [2.45, 2.75) is 6.42 Å². The van der Waals surface area contributed by atoms with Gasteiger partial charge in [0.15, 0.2) is 0 Å². The first kappa shape index (κ1) is 11.8. The lowest BCUT2D eigenvalue weighted by molar-refractivity contribution is 0.0692. The molecule has 0 radical (unpaired) electrons. The second-order valence-electron chi connectivity index (χ2n) is 2.96. The van der Waals surface area contributed by atoms with Gasteiger partial charge in [0.25, 0.3) is 0 Å². The summed E-state index contributed by atoms with van der Waals surface area (Å²) < 4.78 is 13.0. The van der Waals surface area contributed by atoms with Gasteiger partial charge in [-0.1, -0.05) is 18.2 Å². The fraction of sp³-hybridized carbons (Fsp3) is 0.182. The van der Waals surface area contributed by atoms with Crippen LogP contribution in [0.3, 0.4) is 0 Å². The fourth-order valence-electron chi connectivity index (χ4n) is 1.10. The van der Waals surface area contributed by atoms with Crippen LogP contribution in [0.15, 0.2) is 24.3 Å². The van der Waals surface area contributed by atoms with Crippen molar-refractivity contribution in [3.8, 4) is 0 Å². The van der Waals surface area contributed by atoms with Gasteiger partial charge in [0.05, 0.1) is 5.56 Å². The Hall–Kier alpha value is -1.29. The largest absolute Gasteiger partial charge is 0.478 e. The summed E-state index contributed by atoms with van der Waals surface area (Å²) in [4.78, 5) is 10.6. The molecule has 1 N–H and O–H groups in total. The van der Waals surface area contributed by atoms with E-state index >= 15 is 0 Å². The Balaban J connectivity index is 2.92. The van der Waals surface area contributed by atoms with Crippen LogP contribution < -0.4 is 0 Å². The Morgan fingerprint density at radius 1 is 1.53 bits per heavy atom. The van der Waals surface area contributed by atoms with Crippen LogP contribution in [-0.4, -0.2) is 16.8 Å². The van der Waals surface area contributed by atoms with Crippen molar-refractivity contribution in [3.63, 3.8) is 0 Å². The summed E-state index contributed by atoms with van der Waals surface area (Å²) in [6.07, 6.45) is 4.41. The molecule has 0 atom stereocenters. The molecule has 0 aromatic heterocycles. The fourth-order valence-corrected chi connectivity index (χ4v) is 1.25. The van der Waals surface area contributed by atoms with Crippen molar-refractivity contribution >= 4 is 24.7 Å². The van der Waals surface area contributed by atoms with Gasteiger partial charge in [-0.3, -0.25) is 0 Å². The number of halogens is 1. The molecule has 15 heavy (non-hydrogen) atoms. The summed E-state index contributed by atoms with van der Waals surface area (Å²) in [5.41, 5.74) is 0.374. The van der Waals surface area contributed by atoms with Gasteiger partial charge in [0, 0.05) is 0 Å². The Labute approximate surface area is 92.8 Å². The van der Waals surface area contributed by atoms with Gasteiger partial charge in [-0.15, -0.1) is 0 Å². The number of thiol groups is 1. The average Bonchev–Trinajstić information content (AvgIpc) is 2.20. The summed E-state index contributed by atoms with van der Waals surface area (Å²) in [6.45, 7) is 0. The molecular formula is C11H11FO2S. The van der Waals surface area contributed by atoms with E-state index in [9.17, 15) is 9.18 Å². The van der Waals surface area contributed by atoms with Crippen LogP contribution in [0.2, 0.25) is 0 Å². The first-order valence-electron chi connectivity index (χ1n) is 4.45. The molecule has 0 spiro atoms. The first-order chi connectivity index (χ1) is 7.15. The molecule has 1 rings (SSSR count). The molecule has 1 aromatic carbocycles. The van der Waals surface area contributed by atoms with Crippen LogP contribution in [0, 0.1) is 5.82 Å². The predicted molar refractivity (Wildman–Crippen MR) is 60.9 cm³/mol. The van der Waals surface area contributed by atoms with Crippen molar-refractivity contribution in [2.75, 3.05) is 5.75 Å². The number of carbonyl (C=O) groups is 1. The van der Waals surface area contributed by atoms with Crippen LogP contribution in [0.4, 0.5) is 4.39 Å². The van der Waals surface area contributed by atoms with E-state index in [4.69, 9.17) is 5.11 Å². The molecule has 0 heterocycles. The molecule has 0 saturated carbocycles. The monoisotopic (exact) mass is 226 g/mol. The lowest BCUT2D eigenvalue weighted by Crippen LogP contribution is -2.00. The van der Waals surface area contributed by atoms with E-state index in [-0.39, 0.29) is 5.56 Å². The molecule has 0 unspecified atom stereocenters. The summed E-state index contributed by atoms with van der Waals surface area (Å²) in [7, 11) is 0. The molecule has 0 fully saturated rings. The highest BCUT2D eigenvalue weighted by molar-refractivity contribution is 7.80. The minimum atomic E-state index is -1.25. The zero-order chi connectivity index (χ0) is 11.3. The molecule has 0 saturated heterocycles. The Kier molecular flexibility index (Phi) is 4.37. The van der Waals surface area contributed by atoms with Crippen LogP contribution in [0.5, 0.6) is 0 Å². The van der Waals surface area contributed by atoms with Gasteiger partial charge in [0.2, 0.25) is 0 Å². The van der Waals surface area contributed by atoms with Crippen LogP contribution in [0.25, 0.3) is 6.08 Å². The standard InChI is InChI=1S/C11H11FO2S/c12-10-5-4-8(3-1-2-6-15)7-9(10)11(13)14/h1,3-5,7,15H,2,6H2,(H,13,14). The molecule has 0 amide bonds. The van der Waals surface area contributed by atoms with Gasteiger partial charge in [-0.25, -0.2) is 9.18 Å².